The average Bonchev–Trinajstić information content (AvgIpc) is 3.04. The first-order chi connectivity index (χ1) is 10.4. The molecular formula is C17H25BN2O2. The molecule has 3 rings (SSSR count). The van der Waals surface area contributed by atoms with Crippen molar-refractivity contribution in [1.82, 2.24) is 4.98 Å². The van der Waals surface area contributed by atoms with E-state index in [4.69, 9.17) is 9.31 Å². The maximum Gasteiger partial charge on any atom is 0.487 e. The van der Waals surface area contributed by atoms with E-state index in [-0.39, 0.29) is 18.3 Å². The number of anilines is 1. The summed E-state index contributed by atoms with van der Waals surface area (Å²) in [6.07, 6.45) is 6.47. The Morgan fingerprint density at radius 1 is 1.09 bits per heavy atom. The van der Waals surface area contributed by atoms with Gasteiger partial charge in [-0.05, 0) is 58.2 Å². The summed E-state index contributed by atoms with van der Waals surface area (Å²) in [5, 5.41) is 0. The summed E-state index contributed by atoms with van der Waals surface area (Å²) >= 11 is 0. The Bertz CT molecular complexity index is 532. The monoisotopic (exact) mass is 300 g/mol. The predicted octanol–water partition coefficient (Wildman–Crippen LogP) is 3.33. The van der Waals surface area contributed by atoms with E-state index in [1.54, 1.807) is 0 Å². The molecule has 0 aliphatic carbocycles. The highest BCUT2D eigenvalue weighted by molar-refractivity contribution is 6.52. The van der Waals surface area contributed by atoms with Gasteiger partial charge in [0.25, 0.3) is 0 Å². The van der Waals surface area contributed by atoms with Crippen LogP contribution in [0.3, 0.4) is 0 Å². The zero-order chi connectivity index (χ0) is 15.8. The minimum absolute atomic E-state index is 0.292. The van der Waals surface area contributed by atoms with Crippen LogP contribution in [0.2, 0.25) is 0 Å². The molecule has 0 amide bonds. The average molecular weight is 300 g/mol. The van der Waals surface area contributed by atoms with Crippen LogP contribution in [0.25, 0.3) is 6.08 Å². The molecule has 0 bridgehead atoms. The second-order valence-electron chi connectivity index (χ2n) is 7.13. The van der Waals surface area contributed by atoms with E-state index in [2.05, 4.69) is 49.7 Å². The minimum atomic E-state index is -0.303. The van der Waals surface area contributed by atoms with Crippen molar-refractivity contribution in [3.63, 3.8) is 0 Å². The van der Waals surface area contributed by atoms with Crippen molar-refractivity contribution in [2.24, 2.45) is 0 Å². The molecule has 1 aromatic rings. The molecule has 0 spiro atoms. The van der Waals surface area contributed by atoms with E-state index >= 15 is 0 Å². The SMILES string of the molecule is CC1(C)OB(/C=C/c2ccc(N3CCCC3)nc2)OC1(C)C. The fourth-order valence-electron chi connectivity index (χ4n) is 2.79. The van der Waals surface area contributed by atoms with Crippen molar-refractivity contribution in [1.29, 1.82) is 0 Å². The van der Waals surface area contributed by atoms with Gasteiger partial charge in [-0.15, -0.1) is 0 Å². The predicted molar refractivity (Wildman–Crippen MR) is 90.8 cm³/mol. The summed E-state index contributed by atoms with van der Waals surface area (Å²) in [7, 11) is -0.303. The van der Waals surface area contributed by atoms with E-state index in [0.717, 1.165) is 24.5 Å². The van der Waals surface area contributed by atoms with Gasteiger partial charge in [0.05, 0.1) is 11.2 Å². The maximum absolute atomic E-state index is 5.95. The number of hydrogen-bond acceptors (Lipinski definition) is 4. The lowest BCUT2D eigenvalue weighted by Gasteiger charge is -2.32. The van der Waals surface area contributed by atoms with Crippen LogP contribution >= 0.6 is 0 Å². The molecule has 4 nitrogen and oxygen atoms in total. The number of nitrogens with zero attached hydrogens (tertiary/aromatic N) is 2. The Balaban J connectivity index is 1.64. The molecular weight excluding hydrogens is 275 g/mol. The molecule has 118 valence electrons. The van der Waals surface area contributed by atoms with Gasteiger partial charge in [0.15, 0.2) is 0 Å². The molecule has 0 unspecified atom stereocenters. The zero-order valence-electron chi connectivity index (χ0n) is 14.0. The quantitative estimate of drug-likeness (QED) is 0.802. The molecule has 2 aliphatic heterocycles. The van der Waals surface area contributed by atoms with Crippen LogP contribution in [0.15, 0.2) is 24.3 Å². The minimum Gasteiger partial charge on any atom is -0.400 e. The Hall–Kier alpha value is -1.33. The van der Waals surface area contributed by atoms with Gasteiger partial charge in [0, 0.05) is 19.3 Å². The fourth-order valence-corrected chi connectivity index (χ4v) is 2.79. The van der Waals surface area contributed by atoms with Crippen molar-refractivity contribution < 1.29 is 9.31 Å². The number of rotatable bonds is 3. The highest BCUT2D eigenvalue weighted by Crippen LogP contribution is 2.37. The van der Waals surface area contributed by atoms with Gasteiger partial charge in [-0.2, -0.15) is 0 Å². The van der Waals surface area contributed by atoms with Crippen LogP contribution in [0.4, 0.5) is 5.82 Å². The van der Waals surface area contributed by atoms with Crippen LogP contribution < -0.4 is 4.90 Å². The highest BCUT2D eigenvalue weighted by atomic mass is 16.7. The van der Waals surface area contributed by atoms with Crippen LogP contribution in [-0.4, -0.2) is 36.4 Å². The Kier molecular flexibility index (Phi) is 4.04. The third-order valence-electron chi connectivity index (χ3n) is 4.92. The van der Waals surface area contributed by atoms with Crippen LogP contribution in [-0.2, 0) is 9.31 Å². The van der Waals surface area contributed by atoms with Crippen molar-refractivity contribution in [2.45, 2.75) is 51.7 Å². The standard InChI is InChI=1S/C17H25BN2O2/c1-16(2)17(3,4)22-18(21-16)10-9-14-7-8-15(19-13-14)20-11-5-6-12-20/h7-10,13H,5-6,11-12H2,1-4H3/b10-9+. The van der Waals surface area contributed by atoms with Gasteiger partial charge < -0.3 is 14.2 Å². The van der Waals surface area contributed by atoms with E-state index in [1.165, 1.54) is 12.8 Å². The maximum atomic E-state index is 5.95. The van der Waals surface area contributed by atoms with Crippen molar-refractivity contribution in [3.05, 3.63) is 29.9 Å². The summed E-state index contributed by atoms with van der Waals surface area (Å²) in [6, 6.07) is 4.19. The molecule has 0 aromatic carbocycles. The summed E-state index contributed by atoms with van der Waals surface area (Å²) in [4.78, 5) is 6.89. The summed E-state index contributed by atoms with van der Waals surface area (Å²) < 4.78 is 11.9. The van der Waals surface area contributed by atoms with Gasteiger partial charge in [-0.25, -0.2) is 4.98 Å². The first kappa shape index (κ1) is 15.6. The molecule has 1 aromatic heterocycles. The molecule has 2 fully saturated rings. The molecule has 2 aliphatic rings. The van der Waals surface area contributed by atoms with Crippen molar-refractivity contribution >= 4 is 19.0 Å². The highest BCUT2D eigenvalue weighted by Gasteiger charge is 2.49. The van der Waals surface area contributed by atoms with Crippen molar-refractivity contribution in [3.8, 4) is 0 Å². The smallest absolute Gasteiger partial charge is 0.400 e. The summed E-state index contributed by atoms with van der Waals surface area (Å²) in [6.45, 7) is 10.5. The Morgan fingerprint density at radius 3 is 2.27 bits per heavy atom. The third kappa shape index (κ3) is 3.06. The van der Waals surface area contributed by atoms with E-state index < -0.39 is 0 Å². The van der Waals surface area contributed by atoms with E-state index in [1.807, 2.05) is 18.2 Å². The second kappa shape index (κ2) is 5.71. The lowest BCUT2D eigenvalue weighted by Crippen LogP contribution is -2.41. The molecule has 3 heterocycles. The topological polar surface area (TPSA) is 34.6 Å². The summed E-state index contributed by atoms with van der Waals surface area (Å²) in [5.74, 6) is 3.04. The molecule has 0 radical (unpaired) electrons. The first-order valence-corrected chi connectivity index (χ1v) is 8.12. The molecule has 0 N–H and O–H groups in total. The van der Waals surface area contributed by atoms with Crippen LogP contribution in [0.1, 0.15) is 46.1 Å². The number of aromatic nitrogens is 1. The molecule has 22 heavy (non-hydrogen) atoms. The van der Waals surface area contributed by atoms with E-state index in [0.29, 0.717) is 0 Å². The summed E-state index contributed by atoms with van der Waals surface area (Å²) in [5.41, 5.74) is 0.484. The Morgan fingerprint density at radius 2 is 1.73 bits per heavy atom. The number of hydrogen-bond donors (Lipinski definition) is 0. The molecule has 0 atom stereocenters. The van der Waals surface area contributed by atoms with Gasteiger partial charge >= 0.3 is 7.12 Å². The number of pyridine rings is 1. The van der Waals surface area contributed by atoms with Gasteiger partial charge in [0.2, 0.25) is 0 Å². The lowest BCUT2D eigenvalue weighted by molar-refractivity contribution is 0.00578. The van der Waals surface area contributed by atoms with Gasteiger partial charge in [-0.3, -0.25) is 0 Å². The third-order valence-corrected chi connectivity index (χ3v) is 4.92. The van der Waals surface area contributed by atoms with Crippen LogP contribution in [0.5, 0.6) is 0 Å². The molecule has 2 saturated heterocycles. The normalized spacial score (nSPS) is 23.6. The van der Waals surface area contributed by atoms with Gasteiger partial charge in [-0.1, -0.05) is 12.1 Å². The van der Waals surface area contributed by atoms with Crippen molar-refractivity contribution in [2.75, 3.05) is 18.0 Å². The van der Waals surface area contributed by atoms with Gasteiger partial charge in [0.1, 0.15) is 5.82 Å². The zero-order valence-corrected chi connectivity index (χ0v) is 14.0. The second-order valence-corrected chi connectivity index (χ2v) is 7.13. The van der Waals surface area contributed by atoms with E-state index in [9.17, 15) is 0 Å². The fraction of sp³-hybridized carbons (Fsp3) is 0.588. The molecule has 5 heteroatoms. The Labute approximate surface area is 133 Å². The molecule has 0 saturated carbocycles. The lowest BCUT2D eigenvalue weighted by atomic mass is 9.89. The van der Waals surface area contributed by atoms with Crippen LogP contribution in [0, 0.1) is 0 Å². The first-order valence-electron chi connectivity index (χ1n) is 8.12. The largest absolute Gasteiger partial charge is 0.487 e.